The number of carbonyl (C=O) groups excluding carboxylic acids is 1. The van der Waals surface area contributed by atoms with Crippen LogP contribution in [0.25, 0.3) is 0 Å². The van der Waals surface area contributed by atoms with Crippen molar-refractivity contribution in [1.82, 2.24) is 0 Å². The van der Waals surface area contributed by atoms with Gasteiger partial charge < -0.3 is 69.6 Å². The van der Waals surface area contributed by atoms with E-state index in [1.54, 1.807) is 12.1 Å². The molecule has 9 N–H and O–H groups in total. The SMILES string of the molecule is CC(C)=CCc1c(O[C@@H]2O[C@H](CO)[C@@H](O)[C@H](O)[C@H]2O)cc(O)c2c1O[C@H](c1ccc(O[C@@H]3O[C@H](CO)[C@@H](O)[C@H](O)[C@H]3O)cc1)CC2=O. The number of Topliss-reactive ketones (excluding diaryl/α,β-unsaturated/α-hetero) is 1. The monoisotopic (exact) mass is 664 g/mol. The molecule has 258 valence electrons. The topological polar surface area (TPSA) is 245 Å². The van der Waals surface area contributed by atoms with Crippen molar-refractivity contribution in [2.45, 2.75) is 94.2 Å². The molecule has 0 unspecified atom stereocenters. The number of aliphatic hydroxyl groups excluding tert-OH is 8. The average molecular weight is 665 g/mol. The maximum absolute atomic E-state index is 13.4. The number of aromatic hydroxyl groups is 1. The van der Waals surface area contributed by atoms with E-state index in [-0.39, 0.29) is 35.7 Å². The number of rotatable bonds is 9. The lowest BCUT2D eigenvalue weighted by Gasteiger charge is -2.40. The average Bonchev–Trinajstić information content (AvgIpc) is 3.04. The van der Waals surface area contributed by atoms with Crippen LogP contribution >= 0.6 is 0 Å². The summed E-state index contributed by atoms with van der Waals surface area (Å²) in [5.41, 5.74) is 1.72. The number of phenols is 1. The molecule has 0 aromatic heterocycles. The van der Waals surface area contributed by atoms with Crippen LogP contribution in [0.2, 0.25) is 0 Å². The van der Waals surface area contributed by atoms with Crippen LogP contribution in [0.1, 0.15) is 47.9 Å². The van der Waals surface area contributed by atoms with Gasteiger partial charge in [0, 0.05) is 11.6 Å². The molecule has 0 spiro atoms. The Balaban J connectivity index is 1.41. The summed E-state index contributed by atoms with van der Waals surface area (Å²) in [5, 5.41) is 91.2. The Morgan fingerprint density at radius 2 is 1.38 bits per heavy atom. The van der Waals surface area contributed by atoms with Crippen molar-refractivity contribution in [3.8, 4) is 23.0 Å². The lowest BCUT2D eigenvalue weighted by atomic mass is 9.92. The second kappa shape index (κ2) is 14.4. The zero-order valence-electron chi connectivity index (χ0n) is 25.6. The highest BCUT2D eigenvalue weighted by atomic mass is 16.7. The molecule has 3 aliphatic rings. The number of ketones is 1. The number of hydrogen-bond donors (Lipinski definition) is 9. The van der Waals surface area contributed by atoms with Gasteiger partial charge in [0.25, 0.3) is 0 Å². The Labute approximate surface area is 269 Å². The first kappa shape index (κ1) is 35.0. The minimum absolute atomic E-state index is 0.0280. The van der Waals surface area contributed by atoms with E-state index in [0.717, 1.165) is 5.57 Å². The van der Waals surface area contributed by atoms with Gasteiger partial charge >= 0.3 is 0 Å². The molecule has 15 nitrogen and oxygen atoms in total. The molecule has 2 fully saturated rings. The first-order chi connectivity index (χ1) is 22.3. The Morgan fingerprint density at radius 3 is 1.91 bits per heavy atom. The summed E-state index contributed by atoms with van der Waals surface area (Å²) in [6.07, 6.45) is -14.1. The van der Waals surface area contributed by atoms with Gasteiger partial charge in [-0.2, -0.15) is 0 Å². The van der Waals surface area contributed by atoms with E-state index in [4.69, 9.17) is 23.7 Å². The molecular formula is C32H40O15. The zero-order chi connectivity index (χ0) is 34.2. The predicted octanol–water partition coefficient (Wildman–Crippen LogP) is -1.04. The highest BCUT2D eigenvalue weighted by molar-refractivity contribution is 6.03. The Hall–Kier alpha value is -3.35. The molecule has 15 heteroatoms. The predicted molar refractivity (Wildman–Crippen MR) is 159 cm³/mol. The quantitative estimate of drug-likeness (QED) is 0.145. The number of fused-ring (bicyclic) bond motifs is 1. The van der Waals surface area contributed by atoms with Crippen LogP contribution in [0.15, 0.2) is 42.0 Å². The van der Waals surface area contributed by atoms with Gasteiger partial charge in [-0.25, -0.2) is 0 Å². The van der Waals surface area contributed by atoms with Gasteiger partial charge in [-0.1, -0.05) is 23.8 Å². The molecule has 3 aliphatic heterocycles. The highest BCUT2D eigenvalue weighted by Gasteiger charge is 2.46. The second-order valence-electron chi connectivity index (χ2n) is 12.0. The van der Waals surface area contributed by atoms with Crippen molar-refractivity contribution >= 4 is 5.78 Å². The number of phenolic OH excluding ortho intramolecular Hbond substituents is 1. The van der Waals surface area contributed by atoms with Crippen LogP contribution in [-0.4, -0.2) is 126 Å². The molecular weight excluding hydrogens is 624 g/mol. The largest absolute Gasteiger partial charge is 0.507 e. The van der Waals surface area contributed by atoms with Crippen LogP contribution in [0.5, 0.6) is 23.0 Å². The lowest BCUT2D eigenvalue weighted by molar-refractivity contribution is -0.277. The van der Waals surface area contributed by atoms with Gasteiger partial charge in [0.15, 0.2) is 5.78 Å². The van der Waals surface area contributed by atoms with Crippen LogP contribution < -0.4 is 14.2 Å². The van der Waals surface area contributed by atoms with Gasteiger partial charge in [0.2, 0.25) is 12.6 Å². The molecule has 11 atom stereocenters. The van der Waals surface area contributed by atoms with Crippen molar-refractivity contribution in [3.63, 3.8) is 0 Å². The molecule has 2 aromatic carbocycles. The molecule has 0 aliphatic carbocycles. The minimum Gasteiger partial charge on any atom is -0.507 e. The third-order valence-corrected chi connectivity index (χ3v) is 8.39. The van der Waals surface area contributed by atoms with E-state index in [0.29, 0.717) is 11.1 Å². The molecule has 47 heavy (non-hydrogen) atoms. The maximum atomic E-state index is 13.4. The molecule has 0 bridgehead atoms. The third-order valence-electron chi connectivity index (χ3n) is 8.39. The van der Waals surface area contributed by atoms with Gasteiger partial charge in [-0.05, 0) is 38.0 Å². The maximum Gasteiger partial charge on any atom is 0.229 e. The van der Waals surface area contributed by atoms with Crippen LogP contribution in [0, 0.1) is 0 Å². The number of allylic oxidation sites excluding steroid dienone is 2. The van der Waals surface area contributed by atoms with Crippen molar-refractivity contribution in [2.24, 2.45) is 0 Å². The van der Waals surface area contributed by atoms with Crippen molar-refractivity contribution < 1.29 is 74.4 Å². The fraction of sp³-hybridized carbons (Fsp3) is 0.531. The second-order valence-corrected chi connectivity index (χ2v) is 12.0. The fourth-order valence-electron chi connectivity index (χ4n) is 5.66. The van der Waals surface area contributed by atoms with E-state index in [1.165, 1.54) is 18.2 Å². The van der Waals surface area contributed by atoms with Gasteiger partial charge in [-0.15, -0.1) is 0 Å². The summed E-state index contributed by atoms with van der Waals surface area (Å²) in [5.74, 6) is -0.664. The zero-order valence-corrected chi connectivity index (χ0v) is 25.6. The van der Waals surface area contributed by atoms with Crippen molar-refractivity contribution in [2.75, 3.05) is 13.2 Å². The lowest BCUT2D eigenvalue weighted by Crippen LogP contribution is -2.60. The van der Waals surface area contributed by atoms with E-state index in [2.05, 4.69) is 0 Å². The molecule has 0 radical (unpaired) electrons. The number of hydrogen-bond acceptors (Lipinski definition) is 15. The third kappa shape index (κ3) is 7.10. The fourth-order valence-corrected chi connectivity index (χ4v) is 5.66. The summed E-state index contributed by atoms with van der Waals surface area (Å²) in [6.45, 7) is 2.43. The molecule has 0 amide bonds. The van der Waals surface area contributed by atoms with E-state index < -0.39 is 92.3 Å². The number of carbonyl (C=O) groups is 1. The smallest absolute Gasteiger partial charge is 0.229 e. The molecule has 5 rings (SSSR count). The Bertz CT molecular complexity index is 1440. The van der Waals surface area contributed by atoms with Crippen LogP contribution in [-0.2, 0) is 15.9 Å². The summed E-state index contributed by atoms with van der Waals surface area (Å²) >= 11 is 0. The molecule has 2 saturated heterocycles. The Kier molecular flexibility index (Phi) is 10.7. The highest BCUT2D eigenvalue weighted by Crippen LogP contribution is 2.47. The van der Waals surface area contributed by atoms with E-state index in [1.807, 2.05) is 19.9 Å². The van der Waals surface area contributed by atoms with E-state index >= 15 is 0 Å². The van der Waals surface area contributed by atoms with Gasteiger partial charge in [-0.3, -0.25) is 4.79 Å². The molecule has 0 saturated carbocycles. The minimum atomic E-state index is -1.72. The van der Waals surface area contributed by atoms with Crippen LogP contribution in [0.4, 0.5) is 0 Å². The number of ether oxygens (including phenoxy) is 5. The summed E-state index contributed by atoms with van der Waals surface area (Å²) in [4.78, 5) is 13.4. The summed E-state index contributed by atoms with van der Waals surface area (Å²) < 4.78 is 28.7. The number of aliphatic hydroxyl groups is 8. The first-order valence-electron chi connectivity index (χ1n) is 15.1. The first-order valence-corrected chi connectivity index (χ1v) is 15.1. The van der Waals surface area contributed by atoms with Gasteiger partial charge in [0.1, 0.15) is 83.5 Å². The normalized spacial score (nSPS) is 33.8. The summed E-state index contributed by atoms with van der Waals surface area (Å²) in [6, 6.07) is 7.42. The van der Waals surface area contributed by atoms with E-state index in [9.17, 15) is 50.8 Å². The molecule has 2 aromatic rings. The molecule has 3 heterocycles. The van der Waals surface area contributed by atoms with Crippen molar-refractivity contribution in [1.29, 1.82) is 0 Å². The summed E-state index contributed by atoms with van der Waals surface area (Å²) in [7, 11) is 0. The Morgan fingerprint density at radius 1 is 0.830 bits per heavy atom. The van der Waals surface area contributed by atoms with Crippen LogP contribution in [0.3, 0.4) is 0 Å². The number of benzene rings is 2. The van der Waals surface area contributed by atoms with Crippen molar-refractivity contribution in [3.05, 3.63) is 58.7 Å². The van der Waals surface area contributed by atoms with Gasteiger partial charge in [0.05, 0.1) is 19.6 Å². The standard InChI is InChI=1S/C32H40O15/c1-13(2)3-8-16-20(45-32-29(42)27(40)25(38)22(12-34)47-32)10-18(36)23-17(35)9-19(44-30(16)23)14-4-6-15(7-5-14)43-31-28(41)26(39)24(37)21(11-33)46-31/h3-7,10,19,21-22,24-29,31-34,36-42H,8-9,11-12H2,1-2H3/t19-,21+,22+,24+,25+,26-,27-,28+,29+,31+,32+/m0/s1.